The van der Waals surface area contributed by atoms with E-state index in [4.69, 9.17) is 0 Å². The molecule has 0 amide bonds. The number of para-hydroxylation sites is 1. The fraction of sp³-hybridized carbons (Fsp3) is 0.462. The van der Waals surface area contributed by atoms with Crippen molar-refractivity contribution in [2.75, 3.05) is 4.90 Å². The minimum atomic E-state index is -0.155. The zero-order chi connectivity index (χ0) is 10.6. The molecule has 1 heterocycles. The van der Waals surface area contributed by atoms with Gasteiger partial charge in [-0.3, -0.25) is 4.79 Å². The summed E-state index contributed by atoms with van der Waals surface area (Å²) in [5.41, 5.74) is 1.90. The molecule has 1 aliphatic carbocycles. The van der Waals surface area contributed by atoms with Crippen molar-refractivity contribution in [2.45, 2.75) is 38.3 Å². The van der Waals surface area contributed by atoms with Crippen LogP contribution in [0.5, 0.6) is 0 Å². The Hall–Kier alpha value is -1.31. The minimum Gasteiger partial charge on any atom is -0.355 e. The quantitative estimate of drug-likeness (QED) is 0.696. The lowest BCUT2D eigenvalue weighted by Crippen LogP contribution is -2.42. The molecule has 1 aromatic carbocycles. The topological polar surface area (TPSA) is 20.3 Å². The lowest BCUT2D eigenvalue weighted by atomic mass is 10.1. The molecule has 1 fully saturated rings. The van der Waals surface area contributed by atoms with Crippen molar-refractivity contribution in [3.05, 3.63) is 29.8 Å². The van der Waals surface area contributed by atoms with Gasteiger partial charge in [-0.05, 0) is 38.8 Å². The normalized spacial score (nSPS) is 21.3. The summed E-state index contributed by atoms with van der Waals surface area (Å²) in [5, 5.41) is 0. The van der Waals surface area contributed by atoms with Gasteiger partial charge in [-0.2, -0.15) is 0 Å². The van der Waals surface area contributed by atoms with Crippen LogP contribution in [0.4, 0.5) is 5.69 Å². The third-order valence-electron chi connectivity index (χ3n) is 3.53. The van der Waals surface area contributed by atoms with E-state index < -0.39 is 0 Å². The smallest absolute Gasteiger partial charge is 0.190 e. The van der Waals surface area contributed by atoms with Gasteiger partial charge in [0, 0.05) is 17.3 Å². The first-order valence-corrected chi connectivity index (χ1v) is 5.60. The number of hydrogen-bond donors (Lipinski definition) is 0. The van der Waals surface area contributed by atoms with E-state index in [9.17, 15) is 4.79 Å². The maximum Gasteiger partial charge on any atom is 0.190 e. The molecule has 1 aliphatic heterocycles. The Morgan fingerprint density at radius 1 is 1.27 bits per heavy atom. The number of carbonyl (C=O) groups is 1. The van der Waals surface area contributed by atoms with Crippen LogP contribution in [0.1, 0.15) is 37.0 Å². The van der Waals surface area contributed by atoms with Gasteiger partial charge in [0.25, 0.3) is 0 Å². The van der Waals surface area contributed by atoms with Crippen LogP contribution in [0.2, 0.25) is 0 Å². The number of anilines is 1. The number of hydrogen-bond acceptors (Lipinski definition) is 2. The molecule has 15 heavy (non-hydrogen) atoms. The van der Waals surface area contributed by atoms with E-state index in [1.807, 2.05) is 18.2 Å². The molecule has 0 unspecified atom stereocenters. The summed E-state index contributed by atoms with van der Waals surface area (Å²) in [5.74, 6) is 0.340. The molecule has 1 saturated carbocycles. The Morgan fingerprint density at radius 2 is 1.93 bits per heavy atom. The number of benzene rings is 1. The standard InChI is InChI=1S/C13H15NO/c1-9(2)14-11-6-4-3-5-10(11)12(15)13(14)7-8-13/h3-6,9H,7-8H2,1-2H3. The van der Waals surface area contributed by atoms with E-state index in [1.54, 1.807) is 0 Å². The highest BCUT2D eigenvalue weighted by Gasteiger charge is 2.60. The average Bonchev–Trinajstić information content (AvgIpc) is 2.94. The van der Waals surface area contributed by atoms with Crippen LogP contribution in [-0.2, 0) is 0 Å². The number of rotatable bonds is 1. The van der Waals surface area contributed by atoms with Crippen LogP contribution in [0.25, 0.3) is 0 Å². The van der Waals surface area contributed by atoms with Crippen molar-refractivity contribution < 1.29 is 4.79 Å². The molecule has 78 valence electrons. The predicted molar refractivity (Wildman–Crippen MR) is 60.4 cm³/mol. The Bertz CT molecular complexity index is 432. The zero-order valence-electron chi connectivity index (χ0n) is 9.16. The number of Topliss-reactive ketones (excluding diaryl/α,β-unsaturated/α-hetero) is 1. The van der Waals surface area contributed by atoms with Gasteiger partial charge in [0.05, 0.1) is 0 Å². The SMILES string of the molecule is CC(C)N1c2ccccc2C(=O)C12CC2. The Balaban J connectivity index is 2.19. The number of fused-ring (bicyclic) bond motifs is 1. The molecule has 0 radical (unpaired) electrons. The first-order chi connectivity index (χ1) is 7.17. The summed E-state index contributed by atoms with van der Waals surface area (Å²) in [4.78, 5) is 14.6. The molecule has 0 atom stereocenters. The molecular formula is C13H15NO. The average molecular weight is 201 g/mol. The van der Waals surface area contributed by atoms with E-state index in [1.165, 1.54) is 0 Å². The van der Waals surface area contributed by atoms with Crippen LogP contribution in [-0.4, -0.2) is 17.4 Å². The van der Waals surface area contributed by atoms with Crippen LogP contribution in [0.3, 0.4) is 0 Å². The summed E-state index contributed by atoms with van der Waals surface area (Å²) in [6.07, 6.45) is 2.05. The first kappa shape index (κ1) is 8.96. The molecule has 0 bridgehead atoms. The van der Waals surface area contributed by atoms with Crippen LogP contribution < -0.4 is 4.90 Å². The van der Waals surface area contributed by atoms with Crippen molar-refractivity contribution in [2.24, 2.45) is 0 Å². The van der Waals surface area contributed by atoms with Crippen molar-refractivity contribution in [1.29, 1.82) is 0 Å². The van der Waals surface area contributed by atoms with Gasteiger partial charge in [0.2, 0.25) is 0 Å². The fourth-order valence-electron chi connectivity index (χ4n) is 2.83. The van der Waals surface area contributed by atoms with Crippen LogP contribution in [0.15, 0.2) is 24.3 Å². The van der Waals surface area contributed by atoms with Crippen molar-refractivity contribution in [3.63, 3.8) is 0 Å². The second-order valence-electron chi connectivity index (χ2n) is 4.84. The van der Waals surface area contributed by atoms with E-state index in [0.29, 0.717) is 11.8 Å². The first-order valence-electron chi connectivity index (χ1n) is 5.60. The molecular weight excluding hydrogens is 186 g/mol. The van der Waals surface area contributed by atoms with Gasteiger partial charge >= 0.3 is 0 Å². The maximum absolute atomic E-state index is 12.3. The summed E-state index contributed by atoms with van der Waals surface area (Å²) in [7, 11) is 0. The van der Waals surface area contributed by atoms with Crippen molar-refractivity contribution in [1.82, 2.24) is 0 Å². The summed E-state index contributed by atoms with van der Waals surface area (Å²) < 4.78 is 0. The maximum atomic E-state index is 12.3. The summed E-state index contributed by atoms with van der Waals surface area (Å²) in [6.45, 7) is 4.32. The van der Waals surface area contributed by atoms with E-state index in [0.717, 1.165) is 24.1 Å². The van der Waals surface area contributed by atoms with Gasteiger partial charge in [-0.15, -0.1) is 0 Å². The van der Waals surface area contributed by atoms with E-state index in [-0.39, 0.29) is 5.54 Å². The van der Waals surface area contributed by atoms with Crippen molar-refractivity contribution in [3.8, 4) is 0 Å². The largest absolute Gasteiger partial charge is 0.355 e. The molecule has 2 nitrogen and oxygen atoms in total. The van der Waals surface area contributed by atoms with Gasteiger partial charge in [0.1, 0.15) is 5.54 Å². The van der Waals surface area contributed by atoms with E-state index in [2.05, 4.69) is 24.8 Å². The predicted octanol–water partition coefficient (Wildman–Crippen LogP) is 2.63. The lowest BCUT2D eigenvalue weighted by molar-refractivity contribution is 0.0956. The van der Waals surface area contributed by atoms with Crippen LogP contribution in [0, 0.1) is 0 Å². The molecule has 1 aromatic rings. The third kappa shape index (κ3) is 0.969. The number of carbonyl (C=O) groups excluding carboxylic acids is 1. The van der Waals surface area contributed by atoms with Gasteiger partial charge in [-0.1, -0.05) is 12.1 Å². The Kier molecular flexibility index (Phi) is 1.57. The van der Waals surface area contributed by atoms with Gasteiger partial charge in [-0.25, -0.2) is 0 Å². The summed E-state index contributed by atoms with van der Waals surface area (Å²) >= 11 is 0. The Labute approximate surface area is 89.9 Å². The van der Waals surface area contributed by atoms with E-state index >= 15 is 0 Å². The van der Waals surface area contributed by atoms with Crippen LogP contribution >= 0.6 is 0 Å². The second-order valence-corrected chi connectivity index (χ2v) is 4.84. The molecule has 2 heteroatoms. The van der Waals surface area contributed by atoms with Gasteiger partial charge < -0.3 is 4.90 Å². The van der Waals surface area contributed by atoms with Gasteiger partial charge in [0.15, 0.2) is 5.78 Å². The highest BCUT2D eigenvalue weighted by Crippen LogP contribution is 2.53. The molecule has 3 rings (SSSR count). The molecule has 0 N–H and O–H groups in total. The molecule has 1 spiro atoms. The second kappa shape index (κ2) is 2.63. The third-order valence-corrected chi connectivity index (χ3v) is 3.53. The number of ketones is 1. The molecule has 0 aromatic heterocycles. The fourth-order valence-corrected chi connectivity index (χ4v) is 2.83. The minimum absolute atomic E-state index is 0.155. The lowest BCUT2D eigenvalue weighted by Gasteiger charge is -2.30. The highest BCUT2D eigenvalue weighted by molar-refractivity contribution is 6.15. The molecule has 2 aliphatic rings. The number of nitrogens with zero attached hydrogens (tertiary/aromatic N) is 1. The summed E-state index contributed by atoms with van der Waals surface area (Å²) in [6, 6.07) is 8.40. The monoisotopic (exact) mass is 201 g/mol. The zero-order valence-corrected chi connectivity index (χ0v) is 9.16. The highest BCUT2D eigenvalue weighted by atomic mass is 16.1. The Morgan fingerprint density at radius 3 is 2.53 bits per heavy atom. The molecule has 0 saturated heterocycles. The van der Waals surface area contributed by atoms with Crippen molar-refractivity contribution >= 4 is 11.5 Å².